The molecule has 3 heteroatoms. The molecule has 0 radical (unpaired) electrons. The van der Waals surface area contributed by atoms with E-state index in [0.29, 0.717) is 5.56 Å². The van der Waals surface area contributed by atoms with Crippen LogP contribution in [-0.4, -0.2) is 17.8 Å². The molecule has 0 saturated heterocycles. The molecule has 3 rings (SSSR count). The second kappa shape index (κ2) is 6.82. The van der Waals surface area contributed by atoms with Crippen molar-refractivity contribution in [3.8, 4) is 11.2 Å². The van der Waals surface area contributed by atoms with Crippen LogP contribution >= 0.6 is 0 Å². The van der Waals surface area contributed by atoms with Crippen molar-refractivity contribution in [2.45, 2.75) is 0 Å². The lowest BCUT2D eigenvalue weighted by molar-refractivity contribution is 0.102. The zero-order valence-corrected chi connectivity index (χ0v) is 14.2. The van der Waals surface area contributed by atoms with Gasteiger partial charge in [0.1, 0.15) is 6.26 Å². The Morgan fingerprint density at radius 1 is 0.917 bits per heavy atom. The highest BCUT2D eigenvalue weighted by atomic mass is 32.2. The Kier molecular flexibility index (Phi) is 4.59. The molecular formula is C21H17O2S+. The van der Waals surface area contributed by atoms with E-state index in [0.717, 1.165) is 16.3 Å². The topological polar surface area (TPSA) is 34.1 Å². The smallest absolute Gasteiger partial charge is 0.212 e. The van der Waals surface area contributed by atoms with Gasteiger partial charge in [-0.05, 0) is 34.9 Å². The van der Waals surface area contributed by atoms with Crippen molar-refractivity contribution in [1.82, 2.24) is 0 Å². The molecule has 0 fully saturated rings. The van der Waals surface area contributed by atoms with Crippen LogP contribution in [0, 0.1) is 11.2 Å². The summed E-state index contributed by atoms with van der Waals surface area (Å²) in [5.41, 5.74) is 1.37. The fraction of sp³-hybridized carbons (Fsp3) is 0.0952. The second-order valence-electron chi connectivity index (χ2n) is 5.73. The number of benzene rings is 3. The first-order valence-electron chi connectivity index (χ1n) is 7.60. The Bertz CT molecular complexity index is 994. The van der Waals surface area contributed by atoms with Crippen LogP contribution in [0.25, 0.3) is 10.8 Å². The van der Waals surface area contributed by atoms with E-state index < -0.39 is 9.93 Å². The van der Waals surface area contributed by atoms with Gasteiger partial charge in [-0.25, -0.2) is 0 Å². The fourth-order valence-corrected chi connectivity index (χ4v) is 3.49. The first-order chi connectivity index (χ1) is 11.5. The molecule has 0 saturated carbocycles. The van der Waals surface area contributed by atoms with E-state index in [2.05, 4.69) is 11.2 Å². The summed E-state index contributed by atoms with van der Waals surface area (Å²) in [5, 5.41) is 4.85. The molecule has 1 unspecified atom stereocenters. The van der Waals surface area contributed by atoms with E-state index in [9.17, 15) is 9.00 Å². The van der Waals surface area contributed by atoms with E-state index in [1.54, 1.807) is 12.3 Å². The SMILES string of the molecule is C[S+](=O)(C#Cc1ccccc1)CC(=O)c1ccc2ccccc2c1. The summed E-state index contributed by atoms with van der Waals surface area (Å²) in [6, 6.07) is 22.8. The maximum absolute atomic E-state index is 12.6. The Balaban J connectivity index is 1.80. The second-order valence-corrected chi connectivity index (χ2v) is 8.23. The van der Waals surface area contributed by atoms with Gasteiger partial charge in [0.2, 0.25) is 5.78 Å². The lowest BCUT2D eigenvalue weighted by Crippen LogP contribution is -2.19. The molecule has 0 bridgehead atoms. The van der Waals surface area contributed by atoms with Crippen LogP contribution in [0.2, 0.25) is 0 Å². The molecule has 0 aliphatic carbocycles. The molecule has 0 amide bonds. The van der Waals surface area contributed by atoms with E-state index in [1.165, 1.54) is 0 Å². The number of hydrogen-bond donors (Lipinski definition) is 0. The predicted octanol–water partition coefficient (Wildman–Crippen LogP) is 4.16. The van der Waals surface area contributed by atoms with Crippen LogP contribution < -0.4 is 0 Å². The van der Waals surface area contributed by atoms with Gasteiger partial charge >= 0.3 is 0 Å². The van der Waals surface area contributed by atoms with Gasteiger partial charge in [-0.3, -0.25) is 4.79 Å². The molecule has 0 aromatic heterocycles. The Morgan fingerprint density at radius 2 is 1.58 bits per heavy atom. The minimum Gasteiger partial charge on any atom is -0.289 e. The quantitative estimate of drug-likeness (QED) is 0.410. The van der Waals surface area contributed by atoms with Crippen LogP contribution in [0.5, 0.6) is 0 Å². The first-order valence-corrected chi connectivity index (χ1v) is 9.74. The monoisotopic (exact) mass is 333 g/mol. The number of carbonyl (C=O) groups is 1. The Hall–Kier alpha value is -2.70. The van der Waals surface area contributed by atoms with Crippen molar-refractivity contribution < 1.29 is 9.00 Å². The van der Waals surface area contributed by atoms with Gasteiger partial charge in [0.15, 0.2) is 20.9 Å². The van der Waals surface area contributed by atoms with Crippen molar-refractivity contribution in [2.24, 2.45) is 0 Å². The number of carbonyl (C=O) groups excluding carboxylic acids is 1. The molecule has 2 nitrogen and oxygen atoms in total. The lowest BCUT2D eigenvalue weighted by Gasteiger charge is -2.02. The average molecular weight is 333 g/mol. The van der Waals surface area contributed by atoms with E-state index >= 15 is 0 Å². The fourth-order valence-electron chi connectivity index (χ4n) is 2.42. The molecule has 3 aromatic rings. The third-order valence-electron chi connectivity index (χ3n) is 3.66. The van der Waals surface area contributed by atoms with Crippen molar-refractivity contribution in [2.75, 3.05) is 12.0 Å². The molecule has 0 N–H and O–H groups in total. The van der Waals surface area contributed by atoms with Crippen molar-refractivity contribution in [1.29, 1.82) is 0 Å². The molecule has 118 valence electrons. The Labute approximate surface area is 142 Å². The minimum absolute atomic E-state index is 0.0643. The number of hydrogen-bond acceptors (Lipinski definition) is 2. The zero-order chi connectivity index (χ0) is 17.0. The lowest BCUT2D eigenvalue weighted by atomic mass is 10.1. The molecule has 0 spiro atoms. The molecule has 24 heavy (non-hydrogen) atoms. The van der Waals surface area contributed by atoms with Gasteiger partial charge in [-0.2, -0.15) is 0 Å². The van der Waals surface area contributed by atoms with Gasteiger partial charge in [0.25, 0.3) is 0 Å². The van der Waals surface area contributed by atoms with Crippen molar-refractivity contribution >= 4 is 26.5 Å². The van der Waals surface area contributed by atoms with E-state index in [-0.39, 0.29) is 11.5 Å². The molecule has 0 aliphatic heterocycles. The normalized spacial score (nSPS) is 12.9. The van der Waals surface area contributed by atoms with Gasteiger partial charge in [0.05, 0.1) is 0 Å². The van der Waals surface area contributed by atoms with Crippen molar-refractivity contribution in [3.63, 3.8) is 0 Å². The summed E-state index contributed by atoms with van der Waals surface area (Å²) in [6.45, 7) is 0. The highest BCUT2D eigenvalue weighted by molar-refractivity contribution is 8.07. The molecule has 1 atom stereocenters. The summed E-state index contributed by atoms with van der Waals surface area (Å²) in [7, 11) is -2.54. The van der Waals surface area contributed by atoms with Crippen LogP contribution in [0.4, 0.5) is 0 Å². The Morgan fingerprint density at radius 3 is 2.33 bits per heavy atom. The summed E-state index contributed by atoms with van der Waals surface area (Å²) in [5.74, 6) is 2.69. The van der Waals surface area contributed by atoms with E-state index in [1.807, 2.05) is 66.7 Å². The van der Waals surface area contributed by atoms with E-state index in [4.69, 9.17) is 0 Å². The molecule has 0 heterocycles. The van der Waals surface area contributed by atoms with Gasteiger partial charge in [0, 0.05) is 11.1 Å². The highest BCUT2D eigenvalue weighted by Gasteiger charge is 2.24. The molecular weight excluding hydrogens is 316 g/mol. The first kappa shape index (κ1) is 16.2. The largest absolute Gasteiger partial charge is 0.289 e. The van der Waals surface area contributed by atoms with Crippen LogP contribution in [0.3, 0.4) is 0 Å². The number of Topliss-reactive ketones (excluding diaryl/α,β-unsaturated/α-hetero) is 1. The third-order valence-corrected chi connectivity index (χ3v) is 5.01. The average Bonchev–Trinajstić information content (AvgIpc) is 2.60. The predicted molar refractivity (Wildman–Crippen MR) is 100 cm³/mol. The maximum atomic E-state index is 12.6. The van der Waals surface area contributed by atoms with Crippen molar-refractivity contribution in [3.05, 3.63) is 83.9 Å². The standard InChI is InChI=1S/C21H17O2S/c1-24(23,14-13-17-7-3-2-4-8-17)16-21(22)20-12-11-18-9-5-6-10-19(18)15-20/h2-12,15H,16H2,1H3/q+1. The third kappa shape index (κ3) is 3.98. The zero-order valence-electron chi connectivity index (χ0n) is 13.4. The molecule has 3 aromatic carbocycles. The number of rotatable bonds is 3. The maximum Gasteiger partial charge on any atom is 0.212 e. The summed E-state index contributed by atoms with van der Waals surface area (Å²) in [4.78, 5) is 12.5. The summed E-state index contributed by atoms with van der Waals surface area (Å²) < 4.78 is 12.6. The molecule has 0 aliphatic rings. The van der Waals surface area contributed by atoms with Gasteiger partial charge in [-0.1, -0.05) is 58.8 Å². The summed E-state index contributed by atoms with van der Waals surface area (Å²) in [6.07, 6.45) is 1.54. The van der Waals surface area contributed by atoms with Gasteiger partial charge < -0.3 is 0 Å². The van der Waals surface area contributed by atoms with Crippen LogP contribution in [-0.2, 0) is 14.1 Å². The van der Waals surface area contributed by atoms with Crippen LogP contribution in [0.15, 0.2) is 72.8 Å². The van der Waals surface area contributed by atoms with Crippen LogP contribution in [0.1, 0.15) is 15.9 Å². The number of ketones is 1. The number of fused-ring (bicyclic) bond motifs is 1. The highest BCUT2D eigenvalue weighted by Crippen LogP contribution is 2.17. The summed E-state index contributed by atoms with van der Waals surface area (Å²) >= 11 is 0. The minimum atomic E-state index is -2.54. The van der Waals surface area contributed by atoms with Gasteiger partial charge in [-0.15, -0.1) is 0 Å².